The summed E-state index contributed by atoms with van der Waals surface area (Å²) in [4.78, 5) is 27.2. The fraction of sp³-hybridized carbons (Fsp3) is 0.158. The Kier molecular flexibility index (Phi) is 5.23. The predicted octanol–water partition coefficient (Wildman–Crippen LogP) is 4.12. The van der Waals surface area contributed by atoms with Gasteiger partial charge >= 0.3 is 0 Å². The zero-order chi connectivity index (χ0) is 19.6. The second-order valence-electron chi connectivity index (χ2n) is 5.90. The third kappa shape index (κ3) is 3.68. The standard InChI is InChI=1S/C19H16ClN3O4/c1-2-16(24)22-17(11-5-7-12(20)8-6-11)14-10-15(23(26)27)13-4-3-9-21-18(13)19(14)25/h3-10,17,25H,2H2,1H3,(H,22,24). The Balaban J connectivity index is 2.26. The fourth-order valence-corrected chi connectivity index (χ4v) is 2.99. The van der Waals surface area contributed by atoms with E-state index in [1.54, 1.807) is 37.3 Å². The van der Waals surface area contributed by atoms with Gasteiger partial charge in [-0.05, 0) is 29.8 Å². The van der Waals surface area contributed by atoms with Gasteiger partial charge in [0.2, 0.25) is 5.91 Å². The Morgan fingerprint density at radius 1 is 1.33 bits per heavy atom. The Labute approximate surface area is 159 Å². The highest BCUT2D eigenvalue weighted by atomic mass is 35.5. The van der Waals surface area contributed by atoms with E-state index >= 15 is 0 Å². The smallest absolute Gasteiger partial charge is 0.279 e. The van der Waals surface area contributed by atoms with Crippen LogP contribution in [0.2, 0.25) is 5.02 Å². The molecule has 0 bridgehead atoms. The number of phenolic OH excluding ortho intramolecular Hbond substituents is 1. The molecular formula is C19H16ClN3O4. The van der Waals surface area contributed by atoms with E-state index in [1.807, 2.05) is 0 Å². The molecule has 0 fully saturated rings. The van der Waals surface area contributed by atoms with Gasteiger partial charge in [0.15, 0.2) is 0 Å². The summed E-state index contributed by atoms with van der Waals surface area (Å²) in [6.45, 7) is 1.69. The molecule has 1 amide bonds. The number of fused-ring (bicyclic) bond motifs is 1. The highest BCUT2D eigenvalue weighted by Crippen LogP contribution is 2.39. The Morgan fingerprint density at radius 3 is 2.67 bits per heavy atom. The molecule has 0 radical (unpaired) electrons. The molecule has 7 nitrogen and oxygen atoms in total. The summed E-state index contributed by atoms with van der Waals surface area (Å²) in [5.74, 6) is -0.481. The van der Waals surface area contributed by atoms with Crippen LogP contribution in [0.25, 0.3) is 10.9 Å². The normalized spacial score (nSPS) is 11.9. The molecule has 0 saturated carbocycles. The number of nitro groups is 1. The molecule has 1 heterocycles. The summed E-state index contributed by atoms with van der Waals surface area (Å²) in [7, 11) is 0. The van der Waals surface area contributed by atoms with Gasteiger partial charge in [0, 0.05) is 29.3 Å². The minimum Gasteiger partial charge on any atom is -0.505 e. The summed E-state index contributed by atoms with van der Waals surface area (Å²) in [5, 5.41) is 25.8. The van der Waals surface area contributed by atoms with E-state index in [4.69, 9.17) is 11.6 Å². The minimum absolute atomic E-state index is 0.103. The average Bonchev–Trinajstić information content (AvgIpc) is 2.67. The third-order valence-electron chi connectivity index (χ3n) is 4.21. The maximum Gasteiger partial charge on any atom is 0.279 e. The monoisotopic (exact) mass is 385 g/mol. The topological polar surface area (TPSA) is 105 Å². The van der Waals surface area contributed by atoms with Crippen molar-refractivity contribution in [1.29, 1.82) is 0 Å². The quantitative estimate of drug-likeness (QED) is 0.507. The zero-order valence-corrected chi connectivity index (χ0v) is 15.1. The maximum atomic E-state index is 12.1. The Bertz CT molecular complexity index is 1020. The van der Waals surface area contributed by atoms with Gasteiger partial charge in [-0.2, -0.15) is 0 Å². The second-order valence-corrected chi connectivity index (χ2v) is 6.33. The van der Waals surface area contributed by atoms with Gasteiger partial charge < -0.3 is 10.4 Å². The van der Waals surface area contributed by atoms with Crippen LogP contribution in [-0.2, 0) is 4.79 Å². The molecule has 0 aliphatic heterocycles. The van der Waals surface area contributed by atoms with Crippen molar-refractivity contribution in [3.63, 3.8) is 0 Å². The predicted molar refractivity (Wildman–Crippen MR) is 102 cm³/mol. The van der Waals surface area contributed by atoms with Crippen LogP contribution < -0.4 is 5.32 Å². The first-order chi connectivity index (χ1) is 12.9. The number of non-ortho nitro benzene ring substituents is 1. The number of nitro benzene ring substituents is 1. The number of halogens is 1. The van der Waals surface area contributed by atoms with E-state index in [1.165, 1.54) is 18.3 Å². The number of hydrogen-bond donors (Lipinski definition) is 2. The van der Waals surface area contributed by atoms with Crippen molar-refractivity contribution in [3.05, 3.63) is 74.9 Å². The summed E-state index contributed by atoms with van der Waals surface area (Å²) < 4.78 is 0. The van der Waals surface area contributed by atoms with Gasteiger partial charge in [0.25, 0.3) is 5.69 Å². The lowest BCUT2D eigenvalue weighted by Crippen LogP contribution is -2.28. The van der Waals surface area contributed by atoms with E-state index < -0.39 is 11.0 Å². The molecule has 1 atom stereocenters. The van der Waals surface area contributed by atoms with Crippen molar-refractivity contribution in [2.75, 3.05) is 0 Å². The Hall–Kier alpha value is -3.19. The molecule has 0 aliphatic rings. The van der Waals surface area contributed by atoms with E-state index in [9.17, 15) is 20.0 Å². The molecule has 138 valence electrons. The highest BCUT2D eigenvalue weighted by Gasteiger charge is 2.26. The first kappa shape index (κ1) is 18.6. The fourth-order valence-electron chi connectivity index (χ4n) is 2.86. The van der Waals surface area contributed by atoms with Crippen LogP contribution in [-0.4, -0.2) is 20.9 Å². The molecule has 27 heavy (non-hydrogen) atoms. The van der Waals surface area contributed by atoms with Gasteiger partial charge in [-0.3, -0.25) is 19.9 Å². The van der Waals surface area contributed by atoms with Crippen LogP contribution >= 0.6 is 11.6 Å². The molecule has 3 rings (SSSR count). The van der Waals surface area contributed by atoms with Crippen LogP contribution in [0, 0.1) is 10.1 Å². The van der Waals surface area contributed by atoms with Gasteiger partial charge in [0.05, 0.1) is 16.4 Å². The number of amides is 1. The molecule has 2 aromatic carbocycles. The number of carbonyl (C=O) groups excluding carboxylic acids is 1. The van der Waals surface area contributed by atoms with Gasteiger partial charge in [-0.15, -0.1) is 0 Å². The number of phenols is 1. The van der Waals surface area contributed by atoms with Crippen LogP contribution in [0.3, 0.4) is 0 Å². The van der Waals surface area contributed by atoms with Crippen molar-refractivity contribution in [2.24, 2.45) is 0 Å². The van der Waals surface area contributed by atoms with Crippen molar-refractivity contribution in [2.45, 2.75) is 19.4 Å². The van der Waals surface area contributed by atoms with Crippen molar-refractivity contribution in [3.8, 4) is 5.75 Å². The molecule has 8 heteroatoms. The summed E-state index contributed by atoms with van der Waals surface area (Å²) in [5.41, 5.74) is 0.722. The van der Waals surface area contributed by atoms with E-state index in [0.29, 0.717) is 10.6 Å². The van der Waals surface area contributed by atoms with Crippen LogP contribution in [0.5, 0.6) is 5.75 Å². The number of aromatic nitrogens is 1. The number of benzene rings is 2. The SMILES string of the molecule is CCC(=O)NC(c1ccc(Cl)cc1)c1cc([N+](=O)[O-])c2cccnc2c1O. The van der Waals surface area contributed by atoms with Gasteiger partial charge in [-0.1, -0.05) is 30.7 Å². The first-order valence-electron chi connectivity index (χ1n) is 8.22. The maximum absolute atomic E-state index is 12.1. The van der Waals surface area contributed by atoms with Crippen LogP contribution in [0.15, 0.2) is 48.7 Å². The second kappa shape index (κ2) is 7.59. The molecule has 0 spiro atoms. The van der Waals surface area contributed by atoms with Crippen LogP contribution in [0.1, 0.15) is 30.5 Å². The first-order valence-corrected chi connectivity index (χ1v) is 8.60. The zero-order valence-electron chi connectivity index (χ0n) is 14.3. The summed E-state index contributed by atoms with van der Waals surface area (Å²) >= 11 is 5.94. The molecule has 1 unspecified atom stereocenters. The van der Waals surface area contributed by atoms with Crippen molar-refractivity contribution >= 4 is 34.1 Å². The molecule has 1 aromatic heterocycles. The molecule has 3 aromatic rings. The molecule has 0 aliphatic carbocycles. The van der Waals surface area contributed by atoms with E-state index in [2.05, 4.69) is 10.3 Å². The lowest BCUT2D eigenvalue weighted by molar-refractivity contribution is -0.383. The molecule has 0 saturated heterocycles. The highest BCUT2D eigenvalue weighted by molar-refractivity contribution is 6.30. The van der Waals surface area contributed by atoms with Crippen LogP contribution in [0.4, 0.5) is 5.69 Å². The molecule has 2 N–H and O–H groups in total. The third-order valence-corrected chi connectivity index (χ3v) is 4.46. The summed E-state index contributed by atoms with van der Waals surface area (Å²) in [6, 6.07) is 10.2. The minimum atomic E-state index is -0.792. The largest absolute Gasteiger partial charge is 0.505 e. The number of nitrogens with one attached hydrogen (secondary N) is 1. The Morgan fingerprint density at radius 2 is 2.04 bits per heavy atom. The van der Waals surface area contributed by atoms with Crippen molar-refractivity contribution in [1.82, 2.24) is 10.3 Å². The lowest BCUT2D eigenvalue weighted by Gasteiger charge is -2.21. The van der Waals surface area contributed by atoms with Gasteiger partial charge in [0.1, 0.15) is 11.3 Å². The summed E-state index contributed by atoms with van der Waals surface area (Å²) in [6.07, 6.45) is 1.66. The molecular weight excluding hydrogens is 370 g/mol. The number of pyridine rings is 1. The number of rotatable bonds is 5. The number of aromatic hydroxyl groups is 1. The number of nitrogens with zero attached hydrogens (tertiary/aromatic N) is 2. The number of hydrogen-bond acceptors (Lipinski definition) is 5. The van der Waals surface area contributed by atoms with E-state index in [0.717, 1.165) is 0 Å². The van der Waals surface area contributed by atoms with Crippen molar-refractivity contribution < 1.29 is 14.8 Å². The van der Waals surface area contributed by atoms with Gasteiger partial charge in [-0.25, -0.2) is 0 Å². The van der Waals surface area contributed by atoms with E-state index in [-0.39, 0.29) is 40.2 Å². The average molecular weight is 386 g/mol. The number of carbonyl (C=O) groups is 1. The lowest BCUT2D eigenvalue weighted by atomic mass is 9.95.